The lowest BCUT2D eigenvalue weighted by atomic mass is 10.1. The summed E-state index contributed by atoms with van der Waals surface area (Å²) >= 11 is 0. The summed E-state index contributed by atoms with van der Waals surface area (Å²) in [5.74, 6) is -0.421. The van der Waals surface area contributed by atoms with Gasteiger partial charge in [-0.3, -0.25) is 18.7 Å². The summed E-state index contributed by atoms with van der Waals surface area (Å²) in [5, 5.41) is 0. The summed E-state index contributed by atoms with van der Waals surface area (Å²) in [5.41, 5.74) is 8.44. The molecule has 1 heterocycles. The lowest BCUT2D eigenvalue weighted by molar-refractivity contribution is -0.132. The summed E-state index contributed by atoms with van der Waals surface area (Å²) in [6, 6.07) is 15.1. The van der Waals surface area contributed by atoms with Gasteiger partial charge < -0.3 is 10.6 Å². The van der Waals surface area contributed by atoms with Crippen LogP contribution in [0.25, 0.3) is 11.0 Å². The summed E-state index contributed by atoms with van der Waals surface area (Å²) in [6.07, 6.45) is 3.15. The number of carbonyl (C=O) groups excluding carboxylic acids is 2. The minimum atomic E-state index is -0.464. The predicted octanol–water partition coefficient (Wildman–Crippen LogP) is 2.89. The van der Waals surface area contributed by atoms with Crippen LogP contribution in [0.1, 0.15) is 48.5 Å². The molecule has 1 aliphatic carbocycles. The Morgan fingerprint density at radius 2 is 1.61 bits per heavy atom. The molecule has 0 spiro atoms. The number of amides is 2. The van der Waals surface area contributed by atoms with Crippen LogP contribution in [-0.4, -0.2) is 31.9 Å². The van der Waals surface area contributed by atoms with Crippen LogP contribution in [-0.2, 0) is 24.4 Å². The molecule has 7 nitrogen and oxygen atoms in total. The summed E-state index contributed by atoms with van der Waals surface area (Å²) in [7, 11) is 0. The van der Waals surface area contributed by atoms with Crippen molar-refractivity contribution in [3.8, 4) is 0 Å². The number of hydrogen-bond donors (Lipinski definition) is 1. The van der Waals surface area contributed by atoms with Gasteiger partial charge in [-0.2, -0.15) is 0 Å². The number of imidazole rings is 1. The first-order chi connectivity index (χ1) is 15.0. The van der Waals surface area contributed by atoms with Crippen molar-refractivity contribution in [2.45, 2.75) is 58.3 Å². The third-order valence-electron chi connectivity index (χ3n) is 5.82. The molecule has 0 atom stereocenters. The Balaban J connectivity index is 1.50. The number of rotatable bonds is 9. The minimum Gasteiger partial charge on any atom is -0.366 e. The summed E-state index contributed by atoms with van der Waals surface area (Å²) in [4.78, 5) is 39.2. The molecule has 1 fully saturated rings. The fraction of sp³-hybridized carbons (Fsp3) is 0.375. The first kappa shape index (κ1) is 20.9. The normalized spacial score (nSPS) is 13.5. The molecule has 1 aliphatic rings. The molecule has 1 saturated carbocycles. The van der Waals surface area contributed by atoms with E-state index in [1.165, 1.54) is 0 Å². The van der Waals surface area contributed by atoms with Gasteiger partial charge in [-0.25, -0.2) is 4.79 Å². The van der Waals surface area contributed by atoms with Crippen LogP contribution in [0.15, 0.2) is 53.3 Å². The van der Waals surface area contributed by atoms with Crippen LogP contribution in [0.5, 0.6) is 0 Å². The van der Waals surface area contributed by atoms with Crippen LogP contribution >= 0.6 is 0 Å². The third-order valence-corrected chi connectivity index (χ3v) is 5.82. The number of aryl methyl sites for hydroxylation is 2. The number of primary amides is 1. The van der Waals surface area contributed by atoms with Gasteiger partial charge in [-0.1, -0.05) is 31.2 Å². The van der Waals surface area contributed by atoms with Gasteiger partial charge in [0, 0.05) is 37.7 Å². The van der Waals surface area contributed by atoms with Crippen LogP contribution in [0.2, 0.25) is 0 Å². The van der Waals surface area contributed by atoms with Crippen LogP contribution in [0.4, 0.5) is 0 Å². The highest BCUT2D eigenvalue weighted by Gasteiger charge is 2.32. The second kappa shape index (κ2) is 8.79. The van der Waals surface area contributed by atoms with E-state index in [0.717, 1.165) is 35.9 Å². The lowest BCUT2D eigenvalue weighted by Gasteiger charge is -2.23. The van der Waals surface area contributed by atoms with Gasteiger partial charge in [0.15, 0.2) is 0 Å². The highest BCUT2D eigenvalue weighted by Crippen LogP contribution is 2.29. The Labute approximate surface area is 181 Å². The number of para-hydroxylation sites is 2. The Kier molecular flexibility index (Phi) is 5.93. The molecular formula is C24H28N4O3. The number of carbonyl (C=O) groups is 2. The maximum atomic E-state index is 13.1. The zero-order valence-corrected chi connectivity index (χ0v) is 17.8. The highest BCUT2D eigenvalue weighted by atomic mass is 16.2. The fourth-order valence-electron chi connectivity index (χ4n) is 4.06. The van der Waals surface area contributed by atoms with Gasteiger partial charge in [-0.05, 0) is 49.1 Å². The molecule has 0 radical (unpaired) electrons. The predicted molar refractivity (Wildman–Crippen MR) is 120 cm³/mol. The number of fused-ring (bicyclic) bond motifs is 1. The first-order valence-corrected chi connectivity index (χ1v) is 10.9. The molecule has 3 aromatic rings. The van der Waals surface area contributed by atoms with Crippen LogP contribution in [0, 0.1) is 0 Å². The molecule has 2 aromatic carbocycles. The van der Waals surface area contributed by atoms with Crippen molar-refractivity contribution in [3.63, 3.8) is 0 Å². The van der Waals surface area contributed by atoms with E-state index in [1.54, 1.807) is 21.3 Å². The monoisotopic (exact) mass is 420 g/mol. The Hall–Kier alpha value is -3.35. The molecule has 31 heavy (non-hydrogen) atoms. The molecule has 0 saturated heterocycles. The average Bonchev–Trinajstić information content (AvgIpc) is 3.58. The zero-order valence-electron chi connectivity index (χ0n) is 17.8. The summed E-state index contributed by atoms with van der Waals surface area (Å²) in [6.45, 7) is 3.56. The van der Waals surface area contributed by atoms with Gasteiger partial charge in [0.2, 0.25) is 11.8 Å². The van der Waals surface area contributed by atoms with E-state index in [9.17, 15) is 14.4 Å². The highest BCUT2D eigenvalue weighted by molar-refractivity contribution is 5.92. The van der Waals surface area contributed by atoms with Gasteiger partial charge in [-0.15, -0.1) is 0 Å². The maximum absolute atomic E-state index is 13.1. The van der Waals surface area contributed by atoms with Crippen molar-refractivity contribution >= 4 is 22.8 Å². The van der Waals surface area contributed by atoms with E-state index in [1.807, 2.05) is 48.2 Å². The molecule has 0 bridgehead atoms. The maximum Gasteiger partial charge on any atom is 0.329 e. The SMILES string of the molecule is CCCn1c(=O)n(CCC(=O)N(Cc2ccc(C(N)=O)cc2)C2CC2)c2ccccc21. The lowest BCUT2D eigenvalue weighted by Crippen LogP contribution is -2.34. The van der Waals surface area contributed by atoms with Gasteiger partial charge in [0.25, 0.3) is 0 Å². The van der Waals surface area contributed by atoms with Crippen molar-refractivity contribution < 1.29 is 9.59 Å². The van der Waals surface area contributed by atoms with Crippen molar-refractivity contribution in [1.29, 1.82) is 0 Å². The molecule has 2 N–H and O–H groups in total. The van der Waals surface area contributed by atoms with Crippen LogP contribution in [0.3, 0.4) is 0 Å². The van der Waals surface area contributed by atoms with Crippen molar-refractivity contribution in [3.05, 3.63) is 70.1 Å². The molecule has 0 unspecified atom stereocenters. The van der Waals surface area contributed by atoms with E-state index >= 15 is 0 Å². The Bertz CT molecular complexity index is 1160. The van der Waals surface area contributed by atoms with Crippen molar-refractivity contribution in [2.75, 3.05) is 0 Å². The first-order valence-electron chi connectivity index (χ1n) is 10.9. The van der Waals surface area contributed by atoms with E-state index in [2.05, 4.69) is 0 Å². The number of nitrogens with zero attached hydrogens (tertiary/aromatic N) is 3. The molecule has 0 aliphatic heterocycles. The zero-order chi connectivity index (χ0) is 22.0. The van der Waals surface area contributed by atoms with Gasteiger partial charge in [0.05, 0.1) is 11.0 Å². The van der Waals surface area contributed by atoms with E-state index < -0.39 is 5.91 Å². The van der Waals surface area contributed by atoms with E-state index in [4.69, 9.17) is 5.73 Å². The smallest absolute Gasteiger partial charge is 0.329 e. The minimum absolute atomic E-state index is 0.0423. The van der Waals surface area contributed by atoms with Crippen LogP contribution < -0.4 is 11.4 Å². The quantitative estimate of drug-likeness (QED) is 0.577. The van der Waals surface area contributed by atoms with E-state index in [0.29, 0.717) is 25.2 Å². The molecule has 2 amide bonds. The summed E-state index contributed by atoms with van der Waals surface area (Å²) < 4.78 is 3.51. The van der Waals surface area contributed by atoms with Gasteiger partial charge >= 0.3 is 5.69 Å². The largest absolute Gasteiger partial charge is 0.366 e. The fourth-order valence-corrected chi connectivity index (χ4v) is 4.06. The molecule has 7 heteroatoms. The van der Waals surface area contributed by atoms with E-state index in [-0.39, 0.29) is 24.1 Å². The number of aromatic nitrogens is 2. The van der Waals surface area contributed by atoms with Crippen molar-refractivity contribution in [1.82, 2.24) is 14.0 Å². The van der Waals surface area contributed by atoms with Crippen molar-refractivity contribution in [2.24, 2.45) is 5.73 Å². The Morgan fingerprint density at radius 3 is 2.16 bits per heavy atom. The standard InChI is InChI=1S/C24H28N4O3/c1-2-14-26-20-5-3-4-6-21(20)27(24(26)31)15-13-22(29)28(19-11-12-19)16-17-7-9-18(10-8-17)23(25)30/h3-10,19H,2,11-16H2,1H3,(H2,25,30). The number of nitrogens with two attached hydrogens (primary N) is 1. The topological polar surface area (TPSA) is 90.3 Å². The second-order valence-electron chi connectivity index (χ2n) is 8.14. The average molecular weight is 421 g/mol. The molecule has 1 aromatic heterocycles. The number of benzene rings is 2. The second-order valence-corrected chi connectivity index (χ2v) is 8.14. The van der Waals surface area contributed by atoms with Gasteiger partial charge in [0.1, 0.15) is 0 Å². The Morgan fingerprint density at radius 1 is 1.00 bits per heavy atom. The molecular weight excluding hydrogens is 392 g/mol. The number of hydrogen-bond acceptors (Lipinski definition) is 3. The molecule has 162 valence electrons. The third kappa shape index (κ3) is 4.40. The molecule has 4 rings (SSSR count).